The Balaban J connectivity index is 1.34. The molecule has 240 valence electrons. The van der Waals surface area contributed by atoms with Crippen molar-refractivity contribution in [3.8, 4) is 0 Å². The molecule has 1 unspecified atom stereocenters. The van der Waals surface area contributed by atoms with Gasteiger partial charge in [-0.2, -0.15) is 4.72 Å². The van der Waals surface area contributed by atoms with E-state index in [1.54, 1.807) is 26.2 Å². The Morgan fingerprint density at radius 1 is 1.16 bits per heavy atom. The topological polar surface area (TPSA) is 160 Å². The summed E-state index contributed by atoms with van der Waals surface area (Å²) in [5, 5.41) is 3.88. The zero-order valence-electron chi connectivity index (χ0n) is 24.7. The van der Waals surface area contributed by atoms with E-state index in [2.05, 4.69) is 10.0 Å². The van der Waals surface area contributed by atoms with Gasteiger partial charge in [0.2, 0.25) is 11.8 Å². The van der Waals surface area contributed by atoms with Crippen LogP contribution in [0.25, 0.3) is 0 Å². The van der Waals surface area contributed by atoms with Crippen LogP contribution in [0.5, 0.6) is 0 Å². The second-order valence-electron chi connectivity index (χ2n) is 12.0. The molecular formula is C29H38Cl2N6O6S. The van der Waals surface area contributed by atoms with Crippen LogP contribution in [0.2, 0.25) is 10.0 Å². The molecule has 44 heavy (non-hydrogen) atoms. The summed E-state index contributed by atoms with van der Waals surface area (Å²) in [6, 6.07) is 1.51. The van der Waals surface area contributed by atoms with Crippen molar-refractivity contribution in [2.24, 2.45) is 11.7 Å². The number of nitrogens with one attached hydrogen (secondary N) is 2. The summed E-state index contributed by atoms with van der Waals surface area (Å²) in [5.41, 5.74) is 6.49. The van der Waals surface area contributed by atoms with Crippen LogP contribution in [0.1, 0.15) is 56.1 Å². The van der Waals surface area contributed by atoms with Gasteiger partial charge in [-0.25, -0.2) is 4.79 Å². The van der Waals surface area contributed by atoms with Gasteiger partial charge in [-0.15, -0.1) is 4.31 Å². The molecule has 1 aromatic carbocycles. The maximum absolute atomic E-state index is 13.8. The number of hydrogen-bond acceptors (Lipinski definition) is 8. The number of amides is 4. The van der Waals surface area contributed by atoms with Gasteiger partial charge in [-0.3, -0.25) is 19.3 Å². The first-order valence-electron chi connectivity index (χ1n) is 14.8. The molecule has 0 spiro atoms. The molecule has 1 aliphatic carbocycles. The molecule has 3 heterocycles. The fraction of sp³-hybridized carbons (Fsp3) is 0.586. The maximum atomic E-state index is 13.8. The molecule has 15 heteroatoms. The van der Waals surface area contributed by atoms with E-state index in [0.29, 0.717) is 22.9 Å². The Morgan fingerprint density at radius 2 is 1.84 bits per heavy atom. The van der Waals surface area contributed by atoms with Crippen LogP contribution in [-0.4, -0.2) is 86.8 Å². The molecule has 12 nitrogen and oxygen atoms in total. The lowest BCUT2D eigenvalue weighted by molar-refractivity contribution is -0.140. The SMILES string of the molecule is CN(C)[S+]([O-])NC(=O)[C@@]12C[C@H]1/C=C\CCCCC[C@H](N)C(=O)N1C[C@H](OC(=O)N3Cc4c(Cl)ccc(Cl)c4C3)C[C@H]1C(=O)N2. The molecular weight excluding hydrogens is 631 g/mol. The quantitative estimate of drug-likeness (QED) is 0.326. The first-order chi connectivity index (χ1) is 20.9. The third-order valence-corrected chi connectivity index (χ3v) is 10.5. The summed E-state index contributed by atoms with van der Waals surface area (Å²) in [5.74, 6) is -1.85. The zero-order chi connectivity index (χ0) is 31.8. The largest absolute Gasteiger partial charge is 0.573 e. The fourth-order valence-electron chi connectivity index (χ4n) is 6.08. The molecule has 1 saturated carbocycles. The third kappa shape index (κ3) is 6.82. The average Bonchev–Trinajstić information content (AvgIpc) is 3.30. The number of rotatable bonds is 4. The Morgan fingerprint density at radius 3 is 2.50 bits per heavy atom. The minimum Gasteiger partial charge on any atom is -0.573 e. The Kier molecular flexibility index (Phi) is 10.0. The van der Waals surface area contributed by atoms with Crippen LogP contribution in [0.3, 0.4) is 0 Å². The highest BCUT2D eigenvalue weighted by molar-refractivity contribution is 7.87. The average molecular weight is 670 g/mol. The number of nitrogens with zero attached hydrogens (tertiary/aromatic N) is 3. The number of hydrogen-bond donors (Lipinski definition) is 3. The van der Waals surface area contributed by atoms with Gasteiger partial charge in [-0.05, 0) is 48.9 Å². The lowest BCUT2D eigenvalue weighted by Crippen LogP contribution is -2.58. The van der Waals surface area contributed by atoms with Crippen molar-refractivity contribution in [3.63, 3.8) is 0 Å². The molecule has 0 bridgehead atoms. The van der Waals surface area contributed by atoms with E-state index >= 15 is 0 Å². The Labute approximate surface area is 270 Å². The number of halogens is 2. The summed E-state index contributed by atoms with van der Waals surface area (Å²) < 4.78 is 22.0. The van der Waals surface area contributed by atoms with E-state index in [0.717, 1.165) is 36.8 Å². The summed E-state index contributed by atoms with van der Waals surface area (Å²) in [4.78, 5) is 56.8. The highest BCUT2D eigenvalue weighted by Gasteiger charge is 2.62. The predicted molar refractivity (Wildman–Crippen MR) is 165 cm³/mol. The first-order valence-corrected chi connectivity index (χ1v) is 16.6. The number of benzene rings is 1. The van der Waals surface area contributed by atoms with Crippen molar-refractivity contribution in [3.05, 3.63) is 45.5 Å². The van der Waals surface area contributed by atoms with Crippen LogP contribution < -0.4 is 15.8 Å². The lowest BCUT2D eigenvalue weighted by Gasteiger charge is -2.28. The maximum Gasteiger partial charge on any atom is 0.410 e. The lowest BCUT2D eigenvalue weighted by atomic mass is 10.1. The van der Waals surface area contributed by atoms with Crippen LogP contribution in [-0.2, 0) is 43.8 Å². The van der Waals surface area contributed by atoms with Crippen molar-refractivity contribution in [1.82, 2.24) is 24.1 Å². The molecule has 1 aromatic rings. The van der Waals surface area contributed by atoms with Crippen LogP contribution >= 0.6 is 23.2 Å². The summed E-state index contributed by atoms with van der Waals surface area (Å²) in [7, 11) is 3.12. The molecule has 1 saturated heterocycles. The van der Waals surface area contributed by atoms with E-state index in [4.69, 9.17) is 33.7 Å². The normalized spacial score (nSPS) is 30.3. The van der Waals surface area contributed by atoms with Gasteiger partial charge >= 0.3 is 6.09 Å². The molecule has 6 atom stereocenters. The standard InChI is InChI=1S/C29H38Cl2N6O6S/c1-35(2)44(42)34-27(40)29-13-17(29)8-6-4-3-5-7-9-23(32)26(39)37-14-18(12-24(37)25(38)33-29)43-28(41)36-15-19-20(16-36)22(31)11-10-21(19)30/h6,8,10-11,17-18,23-24H,3-5,7,9,12-16,32H2,1-2H3,(H,33,38)(H,34,40)/b8-6-/t17-,18-,23+,24+,29-,44?/m1/s1. The molecule has 0 aromatic heterocycles. The number of allylic oxidation sites excluding steroid dienone is 1. The number of ether oxygens (including phenoxy) is 1. The zero-order valence-corrected chi connectivity index (χ0v) is 27.1. The molecule has 4 aliphatic rings. The number of carbonyl (C=O) groups is 4. The van der Waals surface area contributed by atoms with Crippen LogP contribution in [0, 0.1) is 5.92 Å². The van der Waals surface area contributed by atoms with Crippen molar-refractivity contribution < 1.29 is 28.5 Å². The molecule has 2 fully saturated rings. The second-order valence-corrected chi connectivity index (χ2v) is 14.3. The predicted octanol–water partition coefficient (Wildman–Crippen LogP) is 2.39. The third-order valence-electron chi connectivity index (χ3n) is 8.74. The minimum atomic E-state index is -1.79. The molecule has 0 radical (unpaired) electrons. The van der Waals surface area contributed by atoms with Crippen molar-refractivity contribution >= 4 is 58.6 Å². The van der Waals surface area contributed by atoms with E-state index < -0.39 is 59.1 Å². The van der Waals surface area contributed by atoms with Gasteiger partial charge in [0.15, 0.2) is 11.5 Å². The van der Waals surface area contributed by atoms with Gasteiger partial charge in [-0.1, -0.05) is 48.2 Å². The summed E-state index contributed by atoms with van der Waals surface area (Å²) in [6.45, 7) is 0.420. The van der Waals surface area contributed by atoms with Gasteiger partial charge in [0.25, 0.3) is 5.91 Å². The molecule has 4 N–H and O–H groups in total. The van der Waals surface area contributed by atoms with Crippen LogP contribution in [0.15, 0.2) is 24.3 Å². The number of fused-ring (bicyclic) bond motifs is 3. The monoisotopic (exact) mass is 668 g/mol. The van der Waals surface area contributed by atoms with Crippen LogP contribution in [0.4, 0.5) is 4.79 Å². The van der Waals surface area contributed by atoms with E-state index in [1.165, 1.54) is 14.1 Å². The Bertz CT molecular complexity index is 1320. The van der Waals surface area contributed by atoms with Crippen molar-refractivity contribution in [2.45, 2.75) is 81.8 Å². The van der Waals surface area contributed by atoms with E-state index in [9.17, 15) is 23.7 Å². The number of carbonyl (C=O) groups excluding carboxylic acids is 4. The van der Waals surface area contributed by atoms with Crippen molar-refractivity contribution in [1.29, 1.82) is 0 Å². The Hall–Kier alpha value is -2.55. The van der Waals surface area contributed by atoms with Gasteiger partial charge < -0.3 is 25.2 Å². The minimum absolute atomic E-state index is 0.0220. The molecule has 4 amide bonds. The fourth-order valence-corrected chi connectivity index (χ4v) is 7.08. The second kappa shape index (κ2) is 13.4. The van der Waals surface area contributed by atoms with Gasteiger partial charge in [0, 0.05) is 36.5 Å². The van der Waals surface area contributed by atoms with Crippen molar-refractivity contribution in [2.75, 3.05) is 20.6 Å². The summed E-state index contributed by atoms with van der Waals surface area (Å²) in [6.07, 6.45) is 6.61. The first kappa shape index (κ1) is 32.8. The highest BCUT2D eigenvalue weighted by Crippen LogP contribution is 2.46. The van der Waals surface area contributed by atoms with Gasteiger partial charge in [0.1, 0.15) is 17.7 Å². The highest BCUT2D eigenvalue weighted by atomic mass is 35.5. The number of nitrogens with two attached hydrogens (primary N) is 1. The molecule has 5 rings (SSSR count). The molecule has 3 aliphatic heterocycles. The van der Waals surface area contributed by atoms with Gasteiger partial charge in [0.05, 0.1) is 25.7 Å². The van der Waals surface area contributed by atoms with E-state index in [1.807, 2.05) is 12.2 Å². The summed E-state index contributed by atoms with van der Waals surface area (Å²) >= 11 is 10.9. The smallest absolute Gasteiger partial charge is 0.410 e. The van der Waals surface area contributed by atoms with E-state index in [-0.39, 0.29) is 32.0 Å².